The van der Waals surface area contributed by atoms with Crippen molar-refractivity contribution in [2.24, 2.45) is 17.4 Å². The van der Waals surface area contributed by atoms with Gasteiger partial charge in [0.1, 0.15) is 41.7 Å². The number of non-ortho nitro benzene ring substituents is 1. The Balaban J connectivity index is 2.17. The first-order chi connectivity index (χ1) is 26.4. The van der Waals surface area contributed by atoms with E-state index >= 15 is 0 Å². The number of carboxylic acid groups (broad SMARTS) is 1. The molecule has 2 aromatic carbocycles. The van der Waals surface area contributed by atoms with Crippen molar-refractivity contribution in [3.8, 4) is 11.5 Å². The number of primary amides is 2. The summed E-state index contributed by atoms with van der Waals surface area (Å²) in [6.07, 6.45) is -2.05. The topological polar surface area (TPSA) is 342 Å². The average molecular weight is 785 g/mol. The van der Waals surface area contributed by atoms with Gasteiger partial charge in [-0.25, -0.2) is 4.79 Å². The normalized spacial score (nSPS) is 22.0. The maximum atomic E-state index is 14.0. The standard InChI is InChI=1S/C35H44N8O13/c1-3-17(2)29-34(51)38-22(9-11-27(36)45)31(48)41-25(16-28(37)46)32(49)39-23(35(52)53)12-13-56-26-10-6-19(43(54)55)15-21(26)30(47)40-24(33(50)42-29)14-18-4-7-20(44)8-5-18/h4-8,10,15,17,22-25,29,44H,3,9,11-14,16H2,1-2H3,(H2,36,45)(H2,37,46)(H,38,51)(H,39,49)(H,40,47)(H,41,48)(H,42,50)(H,52,53)/t17-,22-,23+,24-,25-,29-/m0/s1. The van der Waals surface area contributed by atoms with Crippen molar-refractivity contribution < 1.29 is 58.2 Å². The summed E-state index contributed by atoms with van der Waals surface area (Å²) in [7, 11) is 0. The van der Waals surface area contributed by atoms with Crippen molar-refractivity contribution in [2.75, 3.05) is 6.61 Å². The molecule has 0 unspecified atom stereocenters. The van der Waals surface area contributed by atoms with Gasteiger partial charge in [0.25, 0.3) is 11.6 Å². The molecular weight excluding hydrogens is 740 g/mol. The quantitative estimate of drug-likeness (QED) is 0.0940. The molecular formula is C35H44N8O13. The molecule has 0 aromatic heterocycles. The summed E-state index contributed by atoms with van der Waals surface area (Å²) in [5, 5.41) is 43.3. The van der Waals surface area contributed by atoms with E-state index in [1.54, 1.807) is 13.8 Å². The Labute approximate surface area is 319 Å². The number of nitrogens with one attached hydrogen (secondary N) is 5. The Morgan fingerprint density at radius 1 is 0.875 bits per heavy atom. The molecule has 1 aliphatic heterocycles. The van der Waals surface area contributed by atoms with Crippen LogP contribution in [-0.2, 0) is 40.0 Å². The van der Waals surface area contributed by atoms with Gasteiger partial charge in [0, 0.05) is 31.4 Å². The number of amides is 7. The molecule has 2 aromatic rings. The molecule has 11 N–H and O–H groups in total. The van der Waals surface area contributed by atoms with Crippen molar-refractivity contribution in [3.05, 3.63) is 63.7 Å². The molecule has 0 saturated heterocycles. The fourth-order valence-electron chi connectivity index (χ4n) is 5.52. The van der Waals surface area contributed by atoms with Gasteiger partial charge in [0.05, 0.1) is 23.5 Å². The fraction of sp³-hybridized carbons (Fsp3) is 0.429. The van der Waals surface area contributed by atoms with E-state index < -0.39 is 132 Å². The van der Waals surface area contributed by atoms with Crippen LogP contribution in [0.15, 0.2) is 42.5 Å². The van der Waals surface area contributed by atoms with Crippen LogP contribution in [0.2, 0.25) is 0 Å². The van der Waals surface area contributed by atoms with E-state index in [1.807, 2.05) is 0 Å². The van der Waals surface area contributed by atoms with Crippen LogP contribution in [0.4, 0.5) is 5.69 Å². The van der Waals surface area contributed by atoms with E-state index in [9.17, 15) is 58.7 Å². The van der Waals surface area contributed by atoms with Gasteiger partial charge in [0.2, 0.25) is 35.4 Å². The third-order valence-corrected chi connectivity index (χ3v) is 8.84. The summed E-state index contributed by atoms with van der Waals surface area (Å²) in [4.78, 5) is 115. The zero-order valence-electron chi connectivity index (χ0n) is 30.4. The summed E-state index contributed by atoms with van der Waals surface area (Å²) >= 11 is 0. The number of nitro benzene ring substituents is 1. The largest absolute Gasteiger partial charge is 0.508 e. The Morgan fingerprint density at radius 2 is 1.50 bits per heavy atom. The van der Waals surface area contributed by atoms with E-state index in [-0.39, 0.29) is 17.9 Å². The highest BCUT2D eigenvalue weighted by atomic mass is 16.6. The molecule has 21 nitrogen and oxygen atoms in total. The van der Waals surface area contributed by atoms with Gasteiger partial charge in [0.15, 0.2) is 0 Å². The number of phenolic OH excluding ortho intramolecular Hbond substituents is 1. The van der Waals surface area contributed by atoms with Gasteiger partial charge in [-0.15, -0.1) is 0 Å². The molecule has 21 heteroatoms. The van der Waals surface area contributed by atoms with Gasteiger partial charge in [-0.3, -0.25) is 43.7 Å². The lowest BCUT2D eigenvalue weighted by Crippen LogP contribution is -2.60. The molecule has 6 atom stereocenters. The predicted molar refractivity (Wildman–Crippen MR) is 193 cm³/mol. The Kier molecular flexibility index (Phi) is 15.6. The van der Waals surface area contributed by atoms with Gasteiger partial charge in [-0.05, 0) is 36.1 Å². The number of phenols is 1. The van der Waals surface area contributed by atoms with Gasteiger partial charge in [-0.2, -0.15) is 0 Å². The number of nitro groups is 1. The molecule has 7 amide bonds. The van der Waals surface area contributed by atoms with E-state index in [2.05, 4.69) is 26.6 Å². The number of aromatic hydroxyl groups is 1. The summed E-state index contributed by atoms with van der Waals surface area (Å²) in [6.45, 7) is 2.81. The average Bonchev–Trinajstić information content (AvgIpc) is 3.13. The van der Waals surface area contributed by atoms with E-state index in [0.29, 0.717) is 12.0 Å². The number of hydrogen-bond acceptors (Lipinski definition) is 12. The minimum absolute atomic E-state index is 0.0917. The number of nitrogens with two attached hydrogens (primary N) is 2. The molecule has 0 bridgehead atoms. The molecule has 0 aliphatic carbocycles. The summed E-state index contributed by atoms with van der Waals surface area (Å²) < 4.78 is 5.67. The van der Waals surface area contributed by atoms with Crippen molar-refractivity contribution in [2.45, 2.75) is 82.6 Å². The monoisotopic (exact) mass is 784 g/mol. The summed E-state index contributed by atoms with van der Waals surface area (Å²) in [6, 6.07) is 0.656. The van der Waals surface area contributed by atoms with Crippen molar-refractivity contribution in [1.82, 2.24) is 26.6 Å². The van der Waals surface area contributed by atoms with Crippen LogP contribution in [0.25, 0.3) is 0 Å². The zero-order valence-corrected chi connectivity index (χ0v) is 30.4. The number of rotatable bonds is 11. The fourth-order valence-corrected chi connectivity index (χ4v) is 5.52. The molecule has 0 fully saturated rings. The Bertz CT molecular complexity index is 1840. The van der Waals surface area contributed by atoms with Crippen LogP contribution in [0.1, 0.15) is 61.9 Å². The molecule has 0 saturated carbocycles. The van der Waals surface area contributed by atoms with Crippen LogP contribution in [0.5, 0.6) is 11.5 Å². The second kappa shape index (κ2) is 20.0. The first kappa shape index (κ1) is 43.6. The number of aliphatic carboxylic acids is 1. The second-order valence-corrected chi connectivity index (χ2v) is 13.0. The molecule has 1 aliphatic rings. The highest BCUT2D eigenvalue weighted by Crippen LogP contribution is 2.25. The number of nitrogens with zero attached hydrogens (tertiary/aromatic N) is 1. The highest BCUT2D eigenvalue weighted by Gasteiger charge is 2.35. The number of hydrogen-bond donors (Lipinski definition) is 9. The van der Waals surface area contributed by atoms with E-state index in [0.717, 1.165) is 18.2 Å². The predicted octanol–water partition coefficient (Wildman–Crippen LogP) is -1.37. The first-order valence-corrected chi connectivity index (χ1v) is 17.4. The van der Waals surface area contributed by atoms with Crippen LogP contribution in [0.3, 0.4) is 0 Å². The molecule has 56 heavy (non-hydrogen) atoms. The molecule has 1 heterocycles. The van der Waals surface area contributed by atoms with Crippen LogP contribution in [0, 0.1) is 16.0 Å². The summed E-state index contributed by atoms with van der Waals surface area (Å²) in [5.41, 5.74) is 10.1. The van der Waals surface area contributed by atoms with Crippen LogP contribution < -0.4 is 42.8 Å². The maximum absolute atomic E-state index is 14.0. The molecule has 0 spiro atoms. The third kappa shape index (κ3) is 12.7. The third-order valence-electron chi connectivity index (χ3n) is 8.84. The number of benzene rings is 2. The summed E-state index contributed by atoms with van der Waals surface area (Å²) in [5.74, 6) is -9.61. The Morgan fingerprint density at radius 3 is 2.09 bits per heavy atom. The lowest BCUT2D eigenvalue weighted by molar-refractivity contribution is -0.384. The van der Waals surface area contributed by atoms with Gasteiger partial charge < -0.3 is 53.0 Å². The molecule has 0 radical (unpaired) electrons. The highest BCUT2D eigenvalue weighted by molar-refractivity contribution is 6.01. The number of carboxylic acids is 1. The first-order valence-electron chi connectivity index (χ1n) is 17.4. The molecule has 302 valence electrons. The van der Waals surface area contributed by atoms with Crippen LogP contribution in [-0.4, -0.2) is 99.3 Å². The number of fused-ring (bicyclic) bond motifs is 1. The smallest absolute Gasteiger partial charge is 0.326 e. The minimum atomic E-state index is -1.77. The number of carbonyl (C=O) groups excluding carboxylic acids is 7. The van der Waals surface area contributed by atoms with Crippen molar-refractivity contribution in [3.63, 3.8) is 0 Å². The number of carbonyl (C=O) groups is 8. The van der Waals surface area contributed by atoms with Gasteiger partial charge in [-0.1, -0.05) is 32.4 Å². The van der Waals surface area contributed by atoms with Gasteiger partial charge >= 0.3 is 5.97 Å². The SMILES string of the molecule is CC[C@H](C)[C@@H]1NC(=O)[C@H](Cc2ccc(O)cc2)NC(=O)c2cc([N+](=O)[O-])ccc2OCC[C@H](C(=O)O)NC(=O)[C@H](CC(N)=O)NC(=O)[C@H](CCC(N)=O)NC1=O. The minimum Gasteiger partial charge on any atom is -0.508 e. The lowest BCUT2D eigenvalue weighted by Gasteiger charge is -2.29. The van der Waals surface area contributed by atoms with Crippen molar-refractivity contribution >= 4 is 53.0 Å². The second-order valence-electron chi connectivity index (χ2n) is 13.0. The maximum Gasteiger partial charge on any atom is 0.326 e. The Hall–Kier alpha value is -6.80. The number of ether oxygens (including phenoxy) is 1. The van der Waals surface area contributed by atoms with E-state index in [4.69, 9.17) is 16.2 Å². The van der Waals surface area contributed by atoms with E-state index in [1.165, 1.54) is 24.3 Å². The van der Waals surface area contributed by atoms with Crippen LogP contribution >= 0.6 is 0 Å². The van der Waals surface area contributed by atoms with Crippen molar-refractivity contribution in [1.29, 1.82) is 0 Å². The molecule has 3 rings (SSSR count). The zero-order chi connectivity index (χ0) is 41.7. The lowest BCUT2D eigenvalue weighted by atomic mass is 9.96.